The number of nitrogens with one attached hydrogen (secondary N) is 2. The van der Waals surface area contributed by atoms with Crippen molar-refractivity contribution in [1.82, 2.24) is 30.2 Å². The summed E-state index contributed by atoms with van der Waals surface area (Å²) in [5.41, 5.74) is 0.786. The fourth-order valence-corrected chi connectivity index (χ4v) is 8.25. The van der Waals surface area contributed by atoms with Gasteiger partial charge in [-0.15, -0.1) is 0 Å². The molecule has 1 aliphatic heterocycles. The first-order valence-electron chi connectivity index (χ1n) is 22.2. The standard InChI is InChI=1S/C47H78N6O10/c1-16-31(6)40(52(13)44(57)38(29(2)3)49-43(56)39(30(4)5)50(11)25-26-51(12)46(60)63-47(8,9)10)36(61-14)28-37(54)53-24-20-23-35(53)41(62-15)32(7)42(55)48-34(45(58)59)27-33-21-18-17-19-22-33/h17-19,21-22,29-30,32,34-36,38-41H,6,16,20,23-28H2,1-5,7-15H3,(H,48,55)(H,49,56)(H,58,59)/t32-,34+,35+,36-,38+,39+,40+,41-/m1/s1. The molecule has 16 heteroatoms. The minimum absolute atomic E-state index is 0.108. The zero-order valence-corrected chi connectivity index (χ0v) is 40.4. The molecule has 5 amide bonds. The molecule has 63 heavy (non-hydrogen) atoms. The van der Waals surface area contributed by atoms with Crippen LogP contribution in [0.4, 0.5) is 4.79 Å². The summed E-state index contributed by atoms with van der Waals surface area (Å²) in [5.74, 6) is -3.84. The van der Waals surface area contributed by atoms with Crippen LogP contribution in [-0.4, -0.2) is 163 Å². The van der Waals surface area contributed by atoms with Crippen LogP contribution in [0, 0.1) is 17.8 Å². The highest BCUT2D eigenvalue weighted by Gasteiger charge is 2.43. The van der Waals surface area contributed by atoms with Crippen LogP contribution in [0.25, 0.3) is 0 Å². The largest absolute Gasteiger partial charge is 0.480 e. The van der Waals surface area contributed by atoms with E-state index in [2.05, 4.69) is 17.2 Å². The summed E-state index contributed by atoms with van der Waals surface area (Å²) in [4.78, 5) is 87.7. The second-order valence-electron chi connectivity index (χ2n) is 18.6. The first kappa shape index (κ1) is 54.6. The number of methoxy groups -OCH3 is 2. The molecule has 0 spiro atoms. The lowest BCUT2D eigenvalue weighted by molar-refractivity contribution is -0.146. The van der Waals surface area contributed by atoms with E-state index < -0.39 is 71.9 Å². The SMILES string of the molecule is C=C(CC)[C@@H]([C@@H](CC(=O)N1CCC[C@H]1[C@H](OC)[C@@H](C)C(=O)N[C@@H](Cc1ccccc1)C(=O)O)OC)N(C)C(=O)[C@@H](NC(=O)[C@H](C(C)C)N(C)CCN(C)C(=O)OC(C)(C)C)C(C)C. The molecule has 16 nitrogen and oxygen atoms in total. The molecule has 3 N–H and O–H groups in total. The minimum Gasteiger partial charge on any atom is -0.480 e. The van der Waals surface area contributed by atoms with Gasteiger partial charge in [0.1, 0.15) is 17.7 Å². The Kier molecular flexibility index (Phi) is 21.7. The second-order valence-corrected chi connectivity index (χ2v) is 18.6. The van der Waals surface area contributed by atoms with E-state index in [4.69, 9.17) is 14.2 Å². The lowest BCUT2D eigenvalue weighted by Crippen LogP contribution is -2.59. The number of benzene rings is 1. The Labute approximate surface area is 376 Å². The van der Waals surface area contributed by atoms with Gasteiger partial charge in [0.2, 0.25) is 23.6 Å². The average molecular weight is 887 g/mol. The van der Waals surface area contributed by atoms with Crippen LogP contribution in [0.5, 0.6) is 0 Å². The van der Waals surface area contributed by atoms with Crippen molar-refractivity contribution < 1.29 is 48.1 Å². The van der Waals surface area contributed by atoms with E-state index in [9.17, 15) is 33.9 Å². The summed E-state index contributed by atoms with van der Waals surface area (Å²) in [7, 11) is 8.05. The Bertz CT molecular complexity index is 1680. The van der Waals surface area contributed by atoms with Gasteiger partial charge in [0.15, 0.2) is 0 Å². The van der Waals surface area contributed by atoms with E-state index in [0.29, 0.717) is 44.5 Å². The van der Waals surface area contributed by atoms with Gasteiger partial charge in [-0.2, -0.15) is 0 Å². The predicted molar refractivity (Wildman–Crippen MR) is 243 cm³/mol. The van der Waals surface area contributed by atoms with Crippen LogP contribution < -0.4 is 10.6 Å². The molecule has 1 aromatic rings. The number of carbonyl (C=O) groups is 6. The normalized spacial score (nSPS) is 17.6. The highest BCUT2D eigenvalue weighted by Crippen LogP contribution is 2.29. The van der Waals surface area contributed by atoms with Crippen molar-refractivity contribution >= 4 is 35.7 Å². The molecule has 0 unspecified atom stereocenters. The number of carbonyl (C=O) groups excluding carboxylic acids is 5. The number of aliphatic carboxylic acids is 1. The molecule has 0 bridgehead atoms. The predicted octanol–water partition coefficient (Wildman–Crippen LogP) is 4.60. The molecule has 8 atom stereocenters. The molecule has 1 aromatic carbocycles. The van der Waals surface area contributed by atoms with Crippen molar-refractivity contribution in [1.29, 1.82) is 0 Å². The van der Waals surface area contributed by atoms with Crippen molar-refractivity contribution in [3.05, 3.63) is 48.0 Å². The molecule has 1 fully saturated rings. The highest BCUT2D eigenvalue weighted by molar-refractivity contribution is 5.90. The van der Waals surface area contributed by atoms with Crippen LogP contribution in [0.3, 0.4) is 0 Å². The summed E-state index contributed by atoms with van der Waals surface area (Å²) in [6.07, 6.45) is -0.287. The highest BCUT2D eigenvalue weighted by atomic mass is 16.6. The van der Waals surface area contributed by atoms with Crippen LogP contribution in [0.2, 0.25) is 0 Å². The van der Waals surface area contributed by atoms with E-state index >= 15 is 0 Å². The number of nitrogens with zero attached hydrogens (tertiary/aromatic N) is 4. The van der Waals surface area contributed by atoms with E-state index in [1.165, 1.54) is 24.0 Å². The van der Waals surface area contributed by atoms with Crippen molar-refractivity contribution in [3.63, 3.8) is 0 Å². The molecule has 356 valence electrons. The monoisotopic (exact) mass is 887 g/mol. The molecule has 0 saturated carbocycles. The first-order chi connectivity index (χ1) is 29.4. The molecule has 1 heterocycles. The number of amides is 5. The Morgan fingerprint density at radius 1 is 0.889 bits per heavy atom. The minimum atomic E-state index is -1.16. The zero-order chi connectivity index (χ0) is 47.9. The summed E-state index contributed by atoms with van der Waals surface area (Å²) in [5, 5.41) is 15.6. The first-order valence-corrected chi connectivity index (χ1v) is 22.2. The molecular weight excluding hydrogens is 809 g/mol. The number of hydrogen-bond donors (Lipinski definition) is 3. The van der Waals surface area contributed by atoms with Gasteiger partial charge in [0, 0.05) is 54.4 Å². The number of likely N-dealkylation sites (tertiary alicyclic amines) is 1. The lowest BCUT2D eigenvalue weighted by atomic mass is 9.92. The third kappa shape index (κ3) is 15.9. The lowest BCUT2D eigenvalue weighted by Gasteiger charge is -2.39. The maximum atomic E-state index is 14.5. The van der Waals surface area contributed by atoms with Crippen molar-refractivity contribution in [2.45, 2.75) is 142 Å². The van der Waals surface area contributed by atoms with E-state index in [-0.39, 0.29) is 42.4 Å². The molecule has 0 radical (unpaired) electrons. The Balaban J connectivity index is 2.26. The number of rotatable bonds is 24. The van der Waals surface area contributed by atoms with Crippen molar-refractivity contribution in [3.8, 4) is 0 Å². The van der Waals surface area contributed by atoms with Gasteiger partial charge < -0.3 is 44.7 Å². The van der Waals surface area contributed by atoms with Gasteiger partial charge in [-0.25, -0.2) is 9.59 Å². The molecule has 0 aromatic heterocycles. The summed E-state index contributed by atoms with van der Waals surface area (Å²) >= 11 is 0. The van der Waals surface area contributed by atoms with Crippen molar-refractivity contribution in [2.75, 3.05) is 55.0 Å². The van der Waals surface area contributed by atoms with Gasteiger partial charge in [-0.05, 0) is 64.5 Å². The second kappa shape index (κ2) is 25.1. The fraction of sp³-hybridized carbons (Fsp3) is 0.702. The van der Waals surface area contributed by atoms with Gasteiger partial charge in [-0.1, -0.05) is 84.0 Å². The van der Waals surface area contributed by atoms with Gasteiger partial charge >= 0.3 is 12.1 Å². The van der Waals surface area contributed by atoms with Gasteiger partial charge in [0.05, 0.1) is 42.7 Å². The van der Waals surface area contributed by atoms with Crippen molar-refractivity contribution in [2.24, 2.45) is 17.8 Å². The third-order valence-electron chi connectivity index (χ3n) is 11.8. The number of hydrogen-bond acceptors (Lipinski definition) is 10. The topological polar surface area (TPSA) is 187 Å². The molecular formula is C47H78N6O10. The number of likely N-dealkylation sites (N-methyl/N-ethyl adjacent to an activating group) is 3. The number of carboxylic acid groups (broad SMARTS) is 1. The van der Waals surface area contributed by atoms with E-state index in [0.717, 1.165) is 5.56 Å². The Morgan fingerprint density at radius 2 is 1.51 bits per heavy atom. The quantitative estimate of drug-likeness (QED) is 0.123. The molecule has 0 aliphatic carbocycles. The summed E-state index contributed by atoms with van der Waals surface area (Å²) < 4.78 is 17.3. The Hall–Kier alpha value is -4.54. The average Bonchev–Trinajstić information content (AvgIpc) is 3.70. The number of ether oxygens (including phenoxy) is 3. The zero-order valence-electron chi connectivity index (χ0n) is 40.4. The van der Waals surface area contributed by atoms with Gasteiger partial charge in [-0.3, -0.25) is 24.1 Å². The maximum absolute atomic E-state index is 14.5. The Morgan fingerprint density at radius 3 is 2.02 bits per heavy atom. The van der Waals surface area contributed by atoms with Crippen LogP contribution >= 0.6 is 0 Å². The molecule has 2 rings (SSSR count). The van der Waals surface area contributed by atoms with Gasteiger partial charge in [0.25, 0.3) is 0 Å². The fourth-order valence-electron chi connectivity index (χ4n) is 8.25. The van der Waals surface area contributed by atoms with Crippen LogP contribution in [0.1, 0.15) is 93.6 Å². The summed E-state index contributed by atoms with van der Waals surface area (Å²) in [6, 6.07) is 5.14. The maximum Gasteiger partial charge on any atom is 0.410 e. The number of carboxylic acids is 1. The van der Waals surface area contributed by atoms with E-state index in [1.807, 2.05) is 52.6 Å². The summed E-state index contributed by atoms with van der Waals surface area (Å²) in [6.45, 7) is 21.9. The molecule has 1 aliphatic rings. The third-order valence-corrected chi connectivity index (χ3v) is 11.8. The van der Waals surface area contributed by atoms with Crippen LogP contribution in [-0.2, 0) is 44.6 Å². The van der Waals surface area contributed by atoms with Crippen LogP contribution in [0.15, 0.2) is 42.5 Å². The van der Waals surface area contributed by atoms with E-state index in [1.54, 1.807) is 71.0 Å². The smallest absolute Gasteiger partial charge is 0.410 e. The molecule has 1 saturated heterocycles.